The van der Waals surface area contributed by atoms with Crippen LogP contribution < -0.4 is 5.73 Å². The molecule has 1 unspecified atom stereocenters. The van der Waals surface area contributed by atoms with E-state index in [1.165, 1.54) is 5.57 Å². The molecule has 1 aliphatic carbocycles. The molecule has 1 atom stereocenters. The van der Waals surface area contributed by atoms with Crippen LogP contribution in [-0.2, 0) is 9.53 Å². The minimum Gasteiger partial charge on any atom is -0.466 e. The second-order valence-electron chi connectivity index (χ2n) is 7.66. The molecule has 2 aromatic rings. The molecule has 160 valence electrons. The highest BCUT2D eigenvalue weighted by Crippen LogP contribution is 2.24. The average molecular weight is 416 g/mol. The number of allylic oxidation sites excluding steroid dienone is 6. The van der Waals surface area contributed by atoms with Crippen molar-refractivity contribution in [3.63, 3.8) is 0 Å². The standard InChI is InChI=1S/C27H29NO3/c1-2-31-27(30)24(10-9-20-7-5-3-4-6-8-20)19-26(29)23-13-11-21(12-14-23)22-15-17-25(28)18-16-22/h3-7,11-18,24H,2,8-10,19,28H2,1H3. The number of nitrogens with two attached hydrogens (primary N) is 1. The van der Waals surface area contributed by atoms with Crippen LogP contribution in [0.3, 0.4) is 0 Å². The Morgan fingerprint density at radius 1 is 0.968 bits per heavy atom. The first-order valence-corrected chi connectivity index (χ1v) is 10.7. The lowest BCUT2D eigenvalue weighted by Crippen LogP contribution is -2.21. The van der Waals surface area contributed by atoms with Gasteiger partial charge in [0.1, 0.15) is 0 Å². The maximum absolute atomic E-state index is 12.9. The van der Waals surface area contributed by atoms with Crippen molar-refractivity contribution in [3.05, 3.63) is 90.0 Å². The van der Waals surface area contributed by atoms with E-state index in [-0.39, 0.29) is 18.2 Å². The topological polar surface area (TPSA) is 69.4 Å². The number of benzene rings is 2. The number of anilines is 1. The number of ether oxygens (including phenoxy) is 1. The summed E-state index contributed by atoms with van der Waals surface area (Å²) in [6, 6.07) is 15.1. The lowest BCUT2D eigenvalue weighted by atomic mass is 9.91. The van der Waals surface area contributed by atoms with E-state index in [0.717, 1.165) is 24.0 Å². The van der Waals surface area contributed by atoms with Crippen LogP contribution in [0.2, 0.25) is 0 Å². The van der Waals surface area contributed by atoms with Gasteiger partial charge in [0.25, 0.3) is 0 Å². The van der Waals surface area contributed by atoms with Crippen LogP contribution in [0.4, 0.5) is 5.69 Å². The van der Waals surface area contributed by atoms with Gasteiger partial charge in [-0.3, -0.25) is 9.59 Å². The van der Waals surface area contributed by atoms with Crippen LogP contribution in [0.25, 0.3) is 11.1 Å². The number of hydrogen-bond donors (Lipinski definition) is 1. The Balaban J connectivity index is 1.66. The van der Waals surface area contributed by atoms with Crippen molar-refractivity contribution in [2.75, 3.05) is 12.3 Å². The summed E-state index contributed by atoms with van der Waals surface area (Å²) in [5.74, 6) is -0.785. The van der Waals surface area contributed by atoms with Crippen molar-refractivity contribution in [1.29, 1.82) is 0 Å². The molecule has 1 aliphatic rings. The molecule has 4 heteroatoms. The Bertz CT molecular complexity index is 982. The Labute approximate surface area is 184 Å². The number of Topliss-reactive ketones (excluding diaryl/α,β-unsaturated/α-hetero) is 1. The lowest BCUT2D eigenvalue weighted by molar-refractivity contribution is -0.148. The maximum atomic E-state index is 12.9. The van der Waals surface area contributed by atoms with E-state index >= 15 is 0 Å². The summed E-state index contributed by atoms with van der Waals surface area (Å²) in [6.45, 7) is 2.10. The number of carbonyl (C=O) groups is 2. The summed E-state index contributed by atoms with van der Waals surface area (Å²) < 4.78 is 5.24. The van der Waals surface area contributed by atoms with Crippen molar-refractivity contribution in [2.24, 2.45) is 5.92 Å². The van der Waals surface area contributed by atoms with Crippen molar-refractivity contribution >= 4 is 17.4 Å². The molecule has 0 spiro atoms. The third-order valence-electron chi connectivity index (χ3n) is 5.39. The fourth-order valence-corrected chi connectivity index (χ4v) is 3.60. The molecule has 0 radical (unpaired) electrons. The van der Waals surface area contributed by atoms with E-state index in [4.69, 9.17) is 10.5 Å². The third-order valence-corrected chi connectivity index (χ3v) is 5.39. The van der Waals surface area contributed by atoms with E-state index in [2.05, 4.69) is 12.2 Å². The highest BCUT2D eigenvalue weighted by atomic mass is 16.5. The zero-order chi connectivity index (χ0) is 22.1. The Hall–Kier alpha value is -3.40. The molecule has 0 saturated carbocycles. The summed E-state index contributed by atoms with van der Waals surface area (Å²) in [6.07, 6.45) is 12.6. The zero-order valence-electron chi connectivity index (χ0n) is 17.9. The quantitative estimate of drug-likeness (QED) is 0.314. The molecule has 31 heavy (non-hydrogen) atoms. The molecular weight excluding hydrogens is 386 g/mol. The SMILES string of the molecule is CCOC(=O)C(CCC1=CC=CC=CC1)CC(=O)c1ccc(-c2ccc(N)cc2)cc1. The lowest BCUT2D eigenvalue weighted by Gasteiger charge is -2.16. The summed E-state index contributed by atoms with van der Waals surface area (Å²) in [5, 5.41) is 0. The summed E-state index contributed by atoms with van der Waals surface area (Å²) in [4.78, 5) is 25.4. The number of hydrogen-bond acceptors (Lipinski definition) is 4. The van der Waals surface area contributed by atoms with Gasteiger partial charge < -0.3 is 10.5 Å². The monoisotopic (exact) mass is 415 g/mol. The van der Waals surface area contributed by atoms with Gasteiger partial charge in [-0.05, 0) is 49.4 Å². The van der Waals surface area contributed by atoms with Gasteiger partial charge in [-0.2, -0.15) is 0 Å². The van der Waals surface area contributed by atoms with Crippen molar-refractivity contribution in [2.45, 2.75) is 32.6 Å². The highest BCUT2D eigenvalue weighted by molar-refractivity contribution is 5.98. The fourth-order valence-electron chi connectivity index (χ4n) is 3.60. The largest absolute Gasteiger partial charge is 0.466 e. The normalized spacial score (nSPS) is 13.9. The number of carbonyl (C=O) groups excluding carboxylic acids is 2. The second kappa shape index (κ2) is 11.1. The van der Waals surface area contributed by atoms with Crippen LogP contribution in [0, 0.1) is 5.92 Å². The van der Waals surface area contributed by atoms with Crippen molar-refractivity contribution < 1.29 is 14.3 Å². The van der Waals surface area contributed by atoms with Gasteiger partial charge in [0.15, 0.2) is 5.78 Å². The molecule has 2 aromatic carbocycles. The Kier molecular flexibility index (Phi) is 7.99. The minimum absolute atomic E-state index is 0.0449. The predicted octanol–water partition coefficient (Wildman–Crippen LogP) is 5.91. The molecule has 0 aliphatic heterocycles. The van der Waals surface area contributed by atoms with Gasteiger partial charge in [0, 0.05) is 17.7 Å². The van der Waals surface area contributed by atoms with Crippen molar-refractivity contribution in [3.8, 4) is 11.1 Å². The van der Waals surface area contributed by atoms with Crippen LogP contribution in [0.5, 0.6) is 0 Å². The summed E-state index contributed by atoms with van der Waals surface area (Å²) in [5.41, 5.74) is 10.4. The fraction of sp³-hybridized carbons (Fsp3) is 0.259. The second-order valence-corrected chi connectivity index (χ2v) is 7.66. The molecular formula is C27H29NO3. The van der Waals surface area contributed by atoms with E-state index < -0.39 is 5.92 Å². The average Bonchev–Trinajstić information content (AvgIpc) is 3.06. The van der Waals surface area contributed by atoms with Crippen molar-refractivity contribution in [1.82, 2.24) is 0 Å². The highest BCUT2D eigenvalue weighted by Gasteiger charge is 2.24. The van der Waals surface area contributed by atoms with Gasteiger partial charge in [-0.1, -0.05) is 72.4 Å². The molecule has 0 amide bonds. The zero-order valence-corrected chi connectivity index (χ0v) is 17.9. The van der Waals surface area contributed by atoms with Crippen LogP contribution in [-0.4, -0.2) is 18.4 Å². The first kappa shape index (κ1) is 22.3. The molecule has 0 bridgehead atoms. The van der Waals surface area contributed by atoms with Gasteiger partial charge in [-0.15, -0.1) is 0 Å². The predicted molar refractivity (Wildman–Crippen MR) is 126 cm³/mol. The first-order chi connectivity index (χ1) is 15.1. The number of nitrogen functional groups attached to an aromatic ring is 1. The molecule has 0 fully saturated rings. The molecule has 0 aromatic heterocycles. The van der Waals surface area contributed by atoms with Gasteiger partial charge in [-0.25, -0.2) is 0 Å². The maximum Gasteiger partial charge on any atom is 0.309 e. The smallest absolute Gasteiger partial charge is 0.309 e. The number of ketones is 1. The summed E-state index contributed by atoms with van der Waals surface area (Å²) >= 11 is 0. The molecule has 4 nitrogen and oxygen atoms in total. The molecule has 0 saturated heterocycles. The van der Waals surface area contributed by atoms with E-state index in [0.29, 0.717) is 24.3 Å². The van der Waals surface area contributed by atoms with Gasteiger partial charge >= 0.3 is 5.97 Å². The van der Waals surface area contributed by atoms with Crippen LogP contribution in [0.1, 0.15) is 43.0 Å². The van der Waals surface area contributed by atoms with E-state index in [1.54, 1.807) is 6.92 Å². The Morgan fingerprint density at radius 3 is 2.32 bits per heavy atom. The van der Waals surface area contributed by atoms with E-state index in [9.17, 15) is 9.59 Å². The number of rotatable bonds is 9. The van der Waals surface area contributed by atoms with Gasteiger partial charge in [0.05, 0.1) is 12.5 Å². The van der Waals surface area contributed by atoms with E-state index in [1.807, 2.05) is 66.8 Å². The molecule has 2 N–H and O–H groups in total. The van der Waals surface area contributed by atoms with Crippen LogP contribution >= 0.6 is 0 Å². The Morgan fingerprint density at radius 2 is 1.65 bits per heavy atom. The summed E-state index contributed by atoms with van der Waals surface area (Å²) in [7, 11) is 0. The molecule has 0 heterocycles. The molecule has 3 rings (SSSR count). The van der Waals surface area contributed by atoms with Gasteiger partial charge in [0.2, 0.25) is 0 Å². The minimum atomic E-state index is -0.443. The van der Waals surface area contributed by atoms with Crippen LogP contribution in [0.15, 0.2) is 84.5 Å². The number of esters is 1. The first-order valence-electron chi connectivity index (χ1n) is 10.7. The third kappa shape index (κ3) is 6.54.